The maximum Gasteiger partial charge on any atom is 0.192 e. The number of nitrogens with zero attached hydrogens (tertiary/aromatic N) is 1. The van der Waals surface area contributed by atoms with Gasteiger partial charge < -0.3 is 5.11 Å². The van der Waals surface area contributed by atoms with E-state index in [1.165, 1.54) is 0 Å². The third-order valence-corrected chi connectivity index (χ3v) is 1.71. The van der Waals surface area contributed by atoms with Gasteiger partial charge >= 0.3 is 0 Å². The van der Waals surface area contributed by atoms with E-state index in [0.29, 0.717) is 0 Å². The summed E-state index contributed by atoms with van der Waals surface area (Å²) in [5.74, 6) is 0. The third-order valence-electron chi connectivity index (χ3n) is 1.71. The summed E-state index contributed by atoms with van der Waals surface area (Å²) < 4.78 is 0. The fraction of sp³-hybridized carbons (Fsp3) is 1.00. The lowest BCUT2D eigenvalue weighted by atomic mass is 9.89. The first kappa shape index (κ1) is 8.56. The molecule has 1 unspecified atom stereocenters. The highest BCUT2D eigenvalue weighted by molar-refractivity contribution is 4.73. The van der Waals surface area contributed by atoms with E-state index in [1.54, 1.807) is 13.8 Å². The number of hydrogen-bond acceptors (Lipinski definition) is 3. The van der Waals surface area contributed by atoms with Crippen molar-refractivity contribution in [2.75, 3.05) is 0 Å². The molecular formula is C6H13NO2. The van der Waals surface area contributed by atoms with Crippen molar-refractivity contribution >= 4 is 0 Å². The zero-order valence-corrected chi connectivity index (χ0v) is 6.09. The highest BCUT2D eigenvalue weighted by Gasteiger charge is 2.26. The second-order valence-electron chi connectivity index (χ2n) is 2.82. The number of aliphatic hydroxyl groups excluding tert-OH is 1. The van der Waals surface area contributed by atoms with Crippen molar-refractivity contribution < 1.29 is 5.11 Å². The minimum atomic E-state index is -1.07. The monoisotopic (exact) mass is 131 g/mol. The average Bonchev–Trinajstić information content (AvgIpc) is 1.86. The fourth-order valence-corrected chi connectivity index (χ4v) is 0.325. The SMILES string of the molecule is CCC(C)(C)C(O)N=O. The first-order valence-corrected chi connectivity index (χ1v) is 3.05. The minimum Gasteiger partial charge on any atom is -0.368 e. The van der Waals surface area contributed by atoms with Gasteiger partial charge in [-0.25, -0.2) is 0 Å². The Kier molecular flexibility index (Phi) is 2.77. The van der Waals surface area contributed by atoms with Gasteiger partial charge in [-0.1, -0.05) is 20.8 Å². The Morgan fingerprint density at radius 2 is 2.11 bits per heavy atom. The Hall–Kier alpha value is -0.440. The van der Waals surface area contributed by atoms with E-state index >= 15 is 0 Å². The minimum absolute atomic E-state index is 0.373. The van der Waals surface area contributed by atoms with E-state index in [-0.39, 0.29) is 5.41 Å². The predicted molar refractivity (Wildman–Crippen MR) is 35.9 cm³/mol. The average molecular weight is 131 g/mol. The van der Waals surface area contributed by atoms with Crippen LogP contribution in [0.1, 0.15) is 27.2 Å². The standard InChI is InChI=1S/C6H13NO2/c1-4-6(2,3)5(8)7-9/h5,8H,4H2,1-3H3. The van der Waals surface area contributed by atoms with Crippen LogP contribution in [0.3, 0.4) is 0 Å². The van der Waals surface area contributed by atoms with Crippen LogP contribution in [0.4, 0.5) is 0 Å². The molecule has 0 aromatic heterocycles. The number of aliphatic hydroxyl groups is 1. The van der Waals surface area contributed by atoms with Crippen molar-refractivity contribution in [3.05, 3.63) is 4.91 Å². The van der Waals surface area contributed by atoms with Gasteiger partial charge in [0.05, 0.1) is 0 Å². The van der Waals surface area contributed by atoms with E-state index in [9.17, 15) is 4.91 Å². The van der Waals surface area contributed by atoms with Crippen LogP contribution in [-0.2, 0) is 0 Å². The van der Waals surface area contributed by atoms with E-state index in [4.69, 9.17) is 5.11 Å². The molecule has 0 saturated heterocycles. The van der Waals surface area contributed by atoms with Gasteiger partial charge in [-0.05, 0) is 11.6 Å². The molecule has 3 heteroatoms. The first-order valence-electron chi connectivity index (χ1n) is 3.05. The van der Waals surface area contributed by atoms with Crippen molar-refractivity contribution in [1.29, 1.82) is 0 Å². The van der Waals surface area contributed by atoms with Crippen LogP contribution in [0.25, 0.3) is 0 Å². The topological polar surface area (TPSA) is 49.7 Å². The summed E-state index contributed by atoms with van der Waals surface area (Å²) in [6.07, 6.45) is -0.317. The molecule has 54 valence electrons. The number of hydrogen-bond donors (Lipinski definition) is 1. The van der Waals surface area contributed by atoms with Crippen LogP contribution in [0, 0.1) is 10.3 Å². The Labute approximate surface area is 55.1 Å². The van der Waals surface area contributed by atoms with Crippen molar-refractivity contribution in [3.8, 4) is 0 Å². The molecule has 0 saturated carbocycles. The molecule has 0 aliphatic heterocycles. The van der Waals surface area contributed by atoms with Gasteiger partial charge in [-0.3, -0.25) is 0 Å². The Bertz CT molecular complexity index is 101. The largest absolute Gasteiger partial charge is 0.368 e. The van der Waals surface area contributed by atoms with Crippen molar-refractivity contribution in [1.82, 2.24) is 0 Å². The zero-order valence-electron chi connectivity index (χ0n) is 6.09. The fourth-order valence-electron chi connectivity index (χ4n) is 0.325. The highest BCUT2D eigenvalue weighted by atomic mass is 16.3. The maximum absolute atomic E-state index is 9.81. The summed E-state index contributed by atoms with van der Waals surface area (Å²) in [6, 6.07) is 0. The normalized spacial score (nSPS) is 15.1. The lowest BCUT2D eigenvalue weighted by Crippen LogP contribution is -2.25. The van der Waals surface area contributed by atoms with Crippen molar-refractivity contribution in [2.24, 2.45) is 10.6 Å². The highest BCUT2D eigenvalue weighted by Crippen LogP contribution is 2.24. The number of rotatable bonds is 3. The zero-order chi connectivity index (χ0) is 7.49. The molecule has 0 bridgehead atoms. The van der Waals surface area contributed by atoms with Crippen LogP contribution >= 0.6 is 0 Å². The summed E-state index contributed by atoms with van der Waals surface area (Å²) in [5, 5.41) is 11.4. The van der Waals surface area contributed by atoms with E-state index in [2.05, 4.69) is 5.18 Å². The molecule has 0 amide bonds. The van der Waals surface area contributed by atoms with E-state index in [0.717, 1.165) is 6.42 Å². The molecule has 0 heterocycles. The summed E-state index contributed by atoms with van der Waals surface area (Å²) in [4.78, 5) is 9.81. The summed E-state index contributed by atoms with van der Waals surface area (Å²) in [6.45, 7) is 5.52. The number of nitroso groups, excluding NO2 is 1. The van der Waals surface area contributed by atoms with Crippen LogP contribution in [0.15, 0.2) is 5.18 Å². The first-order chi connectivity index (χ1) is 4.04. The summed E-state index contributed by atoms with van der Waals surface area (Å²) >= 11 is 0. The molecule has 1 N–H and O–H groups in total. The molecule has 1 atom stereocenters. The molecule has 0 spiro atoms. The lowest BCUT2D eigenvalue weighted by Gasteiger charge is -2.22. The third kappa shape index (κ3) is 2.10. The Balaban J connectivity index is 3.95. The van der Waals surface area contributed by atoms with Crippen LogP contribution < -0.4 is 0 Å². The van der Waals surface area contributed by atoms with Crippen LogP contribution in [-0.4, -0.2) is 11.3 Å². The molecule has 0 fully saturated rings. The van der Waals surface area contributed by atoms with Gasteiger partial charge in [0.2, 0.25) is 0 Å². The maximum atomic E-state index is 9.81. The summed E-state index contributed by atoms with van der Waals surface area (Å²) in [5.41, 5.74) is -0.373. The van der Waals surface area contributed by atoms with Crippen LogP contribution in [0.2, 0.25) is 0 Å². The van der Waals surface area contributed by atoms with Gasteiger partial charge in [0, 0.05) is 5.41 Å². The molecular weight excluding hydrogens is 118 g/mol. The van der Waals surface area contributed by atoms with Crippen molar-refractivity contribution in [3.63, 3.8) is 0 Å². The van der Waals surface area contributed by atoms with Crippen molar-refractivity contribution in [2.45, 2.75) is 33.4 Å². The smallest absolute Gasteiger partial charge is 0.192 e. The van der Waals surface area contributed by atoms with Gasteiger partial charge in [0.15, 0.2) is 6.23 Å². The molecule has 0 aliphatic rings. The molecule has 0 radical (unpaired) electrons. The van der Waals surface area contributed by atoms with Gasteiger partial charge in [-0.2, -0.15) is 0 Å². The molecule has 3 nitrogen and oxygen atoms in total. The van der Waals surface area contributed by atoms with E-state index in [1.807, 2.05) is 6.92 Å². The van der Waals surface area contributed by atoms with Crippen LogP contribution in [0.5, 0.6) is 0 Å². The molecule has 0 aromatic carbocycles. The van der Waals surface area contributed by atoms with Gasteiger partial charge in [-0.15, -0.1) is 4.91 Å². The molecule has 0 rings (SSSR count). The van der Waals surface area contributed by atoms with Gasteiger partial charge in [0.25, 0.3) is 0 Å². The molecule has 9 heavy (non-hydrogen) atoms. The summed E-state index contributed by atoms with van der Waals surface area (Å²) in [7, 11) is 0. The molecule has 0 aromatic rings. The Morgan fingerprint density at radius 3 is 2.22 bits per heavy atom. The second kappa shape index (κ2) is 2.92. The second-order valence-corrected chi connectivity index (χ2v) is 2.82. The van der Waals surface area contributed by atoms with E-state index < -0.39 is 6.23 Å². The van der Waals surface area contributed by atoms with Gasteiger partial charge in [0.1, 0.15) is 0 Å². The molecule has 0 aliphatic carbocycles. The quantitative estimate of drug-likeness (QED) is 0.590. The Morgan fingerprint density at radius 1 is 1.67 bits per heavy atom. The predicted octanol–water partition coefficient (Wildman–Crippen LogP) is 1.51. The lowest BCUT2D eigenvalue weighted by molar-refractivity contribution is 0.0539.